The van der Waals surface area contributed by atoms with Crippen molar-refractivity contribution in [2.24, 2.45) is 0 Å². The zero-order valence-electron chi connectivity index (χ0n) is 13.2. The molecular formula is C16H15N5O2S. The Morgan fingerprint density at radius 2 is 2.00 bits per heavy atom. The quantitative estimate of drug-likeness (QED) is 0.660. The van der Waals surface area contributed by atoms with Crippen molar-refractivity contribution in [1.82, 2.24) is 25.2 Å². The van der Waals surface area contributed by atoms with Crippen LogP contribution in [0.15, 0.2) is 52.8 Å². The summed E-state index contributed by atoms with van der Waals surface area (Å²) in [6, 6.07) is 11.3. The molecule has 0 aliphatic rings. The van der Waals surface area contributed by atoms with E-state index in [2.05, 4.69) is 20.5 Å². The van der Waals surface area contributed by atoms with Crippen LogP contribution in [0.2, 0.25) is 0 Å². The van der Waals surface area contributed by atoms with Gasteiger partial charge in [-0.1, -0.05) is 17.7 Å². The van der Waals surface area contributed by atoms with Gasteiger partial charge in [-0.25, -0.2) is 9.78 Å². The fourth-order valence-corrected chi connectivity index (χ4v) is 2.69. The topological polar surface area (TPSA) is 82.8 Å². The molecule has 0 radical (unpaired) electrons. The maximum absolute atomic E-state index is 11.6. The summed E-state index contributed by atoms with van der Waals surface area (Å²) >= 11 is 1.32. The van der Waals surface area contributed by atoms with E-state index in [1.54, 1.807) is 23.7 Å². The van der Waals surface area contributed by atoms with Gasteiger partial charge in [0.05, 0.1) is 17.9 Å². The molecule has 0 unspecified atom stereocenters. The zero-order chi connectivity index (χ0) is 16.9. The van der Waals surface area contributed by atoms with Crippen LogP contribution in [-0.2, 0) is 4.74 Å². The number of carbonyl (C=O) groups is 1. The molecule has 0 bridgehead atoms. The summed E-state index contributed by atoms with van der Waals surface area (Å²) in [7, 11) is 0. The maximum Gasteiger partial charge on any atom is 0.339 e. The van der Waals surface area contributed by atoms with Crippen LogP contribution in [0.25, 0.3) is 5.69 Å². The number of hydrogen-bond donors (Lipinski definition) is 0. The van der Waals surface area contributed by atoms with Gasteiger partial charge in [0.15, 0.2) is 0 Å². The molecule has 3 aromatic rings. The summed E-state index contributed by atoms with van der Waals surface area (Å²) in [6.45, 7) is 4.12. The van der Waals surface area contributed by atoms with E-state index in [-0.39, 0.29) is 5.97 Å². The molecule has 122 valence electrons. The molecule has 0 amide bonds. The molecule has 0 aliphatic carbocycles. The summed E-state index contributed by atoms with van der Waals surface area (Å²) in [6.07, 6.45) is 1.49. The van der Waals surface area contributed by atoms with Crippen LogP contribution in [0.1, 0.15) is 22.8 Å². The number of rotatable bonds is 5. The maximum atomic E-state index is 11.6. The van der Waals surface area contributed by atoms with Gasteiger partial charge in [-0.15, -0.1) is 5.10 Å². The largest absolute Gasteiger partial charge is 0.462 e. The lowest BCUT2D eigenvalue weighted by atomic mass is 10.2. The van der Waals surface area contributed by atoms with Crippen LogP contribution in [0.4, 0.5) is 0 Å². The van der Waals surface area contributed by atoms with Crippen molar-refractivity contribution < 1.29 is 9.53 Å². The molecule has 0 fully saturated rings. The van der Waals surface area contributed by atoms with Crippen LogP contribution in [0.3, 0.4) is 0 Å². The normalized spacial score (nSPS) is 10.6. The Kier molecular flexibility index (Phi) is 4.85. The lowest BCUT2D eigenvalue weighted by Gasteiger charge is -2.05. The van der Waals surface area contributed by atoms with Crippen LogP contribution in [0.5, 0.6) is 0 Å². The van der Waals surface area contributed by atoms with Crippen molar-refractivity contribution in [3.63, 3.8) is 0 Å². The Balaban J connectivity index is 1.79. The van der Waals surface area contributed by atoms with Gasteiger partial charge in [0.1, 0.15) is 5.03 Å². The molecule has 0 N–H and O–H groups in total. The molecule has 7 nitrogen and oxygen atoms in total. The minimum atomic E-state index is -0.383. The van der Waals surface area contributed by atoms with Crippen molar-refractivity contribution in [3.8, 4) is 5.69 Å². The molecule has 0 spiro atoms. The second-order valence-corrected chi connectivity index (χ2v) is 5.90. The van der Waals surface area contributed by atoms with Crippen LogP contribution in [0, 0.1) is 6.92 Å². The molecular weight excluding hydrogens is 326 g/mol. The van der Waals surface area contributed by atoms with Crippen molar-refractivity contribution in [1.29, 1.82) is 0 Å². The number of nitrogens with zero attached hydrogens (tertiary/aromatic N) is 5. The second kappa shape index (κ2) is 7.22. The molecule has 0 atom stereocenters. The van der Waals surface area contributed by atoms with E-state index in [1.165, 1.54) is 18.0 Å². The van der Waals surface area contributed by atoms with Crippen molar-refractivity contribution in [2.45, 2.75) is 24.0 Å². The van der Waals surface area contributed by atoms with Crippen LogP contribution in [-0.4, -0.2) is 37.8 Å². The SMILES string of the molecule is CCOC(=O)c1ccc(Sc2nnnn2-c2ccc(C)cc2)nc1. The minimum absolute atomic E-state index is 0.334. The zero-order valence-corrected chi connectivity index (χ0v) is 14.0. The summed E-state index contributed by atoms with van der Waals surface area (Å²) in [5.41, 5.74) is 2.45. The number of esters is 1. The van der Waals surface area contributed by atoms with Gasteiger partial charge in [0, 0.05) is 6.20 Å². The number of carbonyl (C=O) groups excluding carboxylic acids is 1. The van der Waals surface area contributed by atoms with E-state index < -0.39 is 0 Å². The van der Waals surface area contributed by atoms with Gasteiger partial charge < -0.3 is 4.74 Å². The number of benzene rings is 1. The van der Waals surface area contributed by atoms with Crippen molar-refractivity contribution >= 4 is 17.7 Å². The van der Waals surface area contributed by atoms with E-state index in [0.29, 0.717) is 22.4 Å². The van der Waals surface area contributed by atoms with Crippen LogP contribution < -0.4 is 0 Å². The smallest absolute Gasteiger partial charge is 0.339 e. The van der Waals surface area contributed by atoms with Gasteiger partial charge in [0.25, 0.3) is 0 Å². The molecule has 1 aromatic carbocycles. The van der Waals surface area contributed by atoms with E-state index in [9.17, 15) is 4.79 Å². The molecule has 2 aromatic heterocycles. The highest BCUT2D eigenvalue weighted by atomic mass is 32.2. The Bertz CT molecular complexity index is 830. The predicted octanol–water partition coefficient (Wildman–Crippen LogP) is 2.69. The Morgan fingerprint density at radius 3 is 2.67 bits per heavy atom. The molecule has 0 saturated carbocycles. The number of aryl methyl sites for hydroxylation is 1. The number of hydrogen-bond acceptors (Lipinski definition) is 7. The first-order chi connectivity index (χ1) is 11.7. The van der Waals surface area contributed by atoms with Gasteiger partial charge >= 0.3 is 5.97 Å². The minimum Gasteiger partial charge on any atom is -0.462 e. The summed E-state index contributed by atoms with van der Waals surface area (Å²) in [5, 5.41) is 13.1. The highest BCUT2D eigenvalue weighted by Gasteiger charge is 2.12. The third-order valence-corrected chi connectivity index (χ3v) is 4.05. The first-order valence-electron chi connectivity index (χ1n) is 7.34. The highest BCUT2D eigenvalue weighted by Crippen LogP contribution is 2.25. The molecule has 8 heteroatoms. The van der Waals surface area contributed by atoms with E-state index in [4.69, 9.17) is 4.74 Å². The Morgan fingerprint density at radius 1 is 1.21 bits per heavy atom. The first kappa shape index (κ1) is 16.1. The van der Waals surface area contributed by atoms with Crippen molar-refractivity contribution in [3.05, 3.63) is 53.7 Å². The summed E-state index contributed by atoms with van der Waals surface area (Å²) < 4.78 is 6.58. The molecule has 3 rings (SSSR count). The third kappa shape index (κ3) is 3.60. The Hall–Kier alpha value is -2.74. The molecule has 2 heterocycles. The van der Waals surface area contributed by atoms with Crippen molar-refractivity contribution in [2.75, 3.05) is 6.61 Å². The average molecular weight is 341 g/mol. The molecule has 0 saturated heterocycles. The number of ether oxygens (including phenoxy) is 1. The molecule has 0 aliphatic heterocycles. The van der Waals surface area contributed by atoms with Gasteiger partial charge in [-0.2, -0.15) is 4.68 Å². The predicted molar refractivity (Wildman–Crippen MR) is 88.2 cm³/mol. The highest BCUT2D eigenvalue weighted by molar-refractivity contribution is 7.99. The lowest BCUT2D eigenvalue weighted by molar-refractivity contribution is 0.0525. The monoisotopic (exact) mass is 341 g/mol. The number of pyridine rings is 1. The molecule has 24 heavy (non-hydrogen) atoms. The first-order valence-corrected chi connectivity index (χ1v) is 8.15. The van der Waals surface area contributed by atoms with Gasteiger partial charge in [0.2, 0.25) is 5.16 Å². The summed E-state index contributed by atoms with van der Waals surface area (Å²) in [4.78, 5) is 15.9. The number of tetrazole rings is 1. The van der Waals surface area contributed by atoms with E-state index in [0.717, 1.165) is 11.3 Å². The van der Waals surface area contributed by atoms with Gasteiger partial charge in [-0.3, -0.25) is 0 Å². The fraction of sp³-hybridized carbons (Fsp3) is 0.188. The van der Waals surface area contributed by atoms with E-state index in [1.807, 2.05) is 31.2 Å². The Labute approximate surface area is 143 Å². The fourth-order valence-electron chi connectivity index (χ4n) is 1.96. The summed E-state index contributed by atoms with van der Waals surface area (Å²) in [5.74, 6) is -0.383. The third-order valence-electron chi connectivity index (χ3n) is 3.16. The van der Waals surface area contributed by atoms with Gasteiger partial charge in [-0.05, 0) is 60.3 Å². The van der Waals surface area contributed by atoms with E-state index >= 15 is 0 Å². The average Bonchev–Trinajstić information content (AvgIpc) is 3.04. The van der Waals surface area contributed by atoms with Crippen LogP contribution >= 0.6 is 11.8 Å². The standard InChI is InChI=1S/C16H15N5O2S/c1-3-23-15(22)12-6-9-14(17-10-12)24-16-18-19-20-21(16)13-7-4-11(2)5-8-13/h4-10H,3H2,1-2H3. The number of aromatic nitrogens is 5. The lowest BCUT2D eigenvalue weighted by Crippen LogP contribution is -2.05. The second-order valence-electron chi connectivity index (χ2n) is 4.92.